The van der Waals surface area contributed by atoms with Crippen molar-refractivity contribution < 1.29 is 38.7 Å². The molecule has 0 unspecified atom stereocenters. The number of hydrazine groups is 2. The molecule has 0 bridgehead atoms. The molecule has 0 aromatic carbocycles. The van der Waals surface area contributed by atoms with Gasteiger partial charge in [0.1, 0.15) is 29.9 Å². The van der Waals surface area contributed by atoms with E-state index < -0.39 is 41.1 Å². The van der Waals surface area contributed by atoms with Crippen LogP contribution in [-0.4, -0.2) is 92.0 Å². The number of thioether (sulfide) groups is 2. The van der Waals surface area contributed by atoms with E-state index in [2.05, 4.69) is 31.0 Å². The maximum Gasteiger partial charge on any atom is 0.352 e. The summed E-state index contributed by atoms with van der Waals surface area (Å²) in [6.45, 7) is 0. The summed E-state index contributed by atoms with van der Waals surface area (Å²) >= 11 is 4.92. The summed E-state index contributed by atoms with van der Waals surface area (Å²) in [5.41, 5.74) is 11.5. The molecule has 1 aromatic rings. The lowest BCUT2D eigenvalue weighted by atomic mass is 10.0. The van der Waals surface area contributed by atoms with E-state index in [0.29, 0.717) is 11.3 Å². The Hall–Kier alpha value is -3.46. The number of hydrogen-bond donors (Lipinski definition) is 5. The summed E-state index contributed by atoms with van der Waals surface area (Å²) in [5.74, 6) is -2.84. The third-order valence-corrected chi connectivity index (χ3v) is 9.74. The molecule has 6 N–H and O–H groups in total. The molecule has 3 aliphatic heterocycles. The monoisotopic (exact) mass is 644 g/mol. The Morgan fingerprint density at radius 1 is 1.32 bits per heavy atom. The van der Waals surface area contributed by atoms with Crippen LogP contribution < -0.4 is 21.9 Å². The molecule has 1 fully saturated rings. The highest BCUT2D eigenvalue weighted by Crippen LogP contribution is 2.43. The molecule has 16 nitrogen and oxygen atoms in total. The number of anilines is 1. The van der Waals surface area contributed by atoms with Gasteiger partial charge in [0.15, 0.2) is 10.8 Å². The lowest BCUT2D eigenvalue weighted by molar-refractivity contribution is -0.150. The number of β-lactam (4-membered cyclic amide) rings is 1. The summed E-state index contributed by atoms with van der Waals surface area (Å²) < 4.78 is 6.60. The number of thiazole rings is 1. The van der Waals surface area contributed by atoms with Crippen LogP contribution in [0, 0.1) is 0 Å². The van der Waals surface area contributed by atoms with Crippen LogP contribution in [0.1, 0.15) is 18.5 Å². The van der Waals surface area contributed by atoms with Crippen molar-refractivity contribution in [3.05, 3.63) is 32.8 Å². The van der Waals surface area contributed by atoms with E-state index in [1.165, 1.54) is 64.5 Å². The first-order chi connectivity index (χ1) is 19.6. The average Bonchev–Trinajstić information content (AvgIpc) is 3.59. The van der Waals surface area contributed by atoms with Gasteiger partial charge in [0.05, 0.1) is 17.8 Å². The second kappa shape index (κ2) is 13.5. The number of aromatic nitrogens is 1. The molecule has 2 atom stereocenters. The predicted octanol–water partition coefficient (Wildman–Crippen LogP) is -0.201. The number of amides is 3. The number of esters is 1. The molecule has 20 heteroatoms. The van der Waals surface area contributed by atoms with E-state index in [1.54, 1.807) is 6.20 Å². The van der Waals surface area contributed by atoms with Crippen molar-refractivity contribution in [3.8, 4) is 0 Å². The highest BCUT2D eigenvalue weighted by atomic mass is 32.2. The van der Waals surface area contributed by atoms with Crippen molar-refractivity contribution in [3.63, 3.8) is 0 Å². The second-order valence-corrected chi connectivity index (χ2v) is 12.4. The first-order valence-electron chi connectivity index (χ1n) is 11.6. The van der Waals surface area contributed by atoms with Gasteiger partial charge >= 0.3 is 11.9 Å². The Morgan fingerprint density at radius 3 is 2.76 bits per heavy atom. The molecular weight excluding hydrogens is 621 g/mol. The fourth-order valence-corrected chi connectivity index (χ4v) is 7.58. The van der Waals surface area contributed by atoms with Gasteiger partial charge in [-0.15, -0.1) is 34.9 Å². The number of nitrogens with two attached hydrogens (primary N) is 1. The number of hydrogen-bond acceptors (Lipinski definition) is 16. The molecule has 1 aromatic heterocycles. The summed E-state index contributed by atoms with van der Waals surface area (Å²) in [6, 6.07) is -0.970. The average molecular weight is 645 g/mol. The summed E-state index contributed by atoms with van der Waals surface area (Å²) in [4.78, 5) is 71.2. The standard InChI is InChI=1S/C21H24N8O8S4/c1-36-12(31)4-3-11(30)26-29-23-5-13(41-29)38-6-9-7-39-19-15(18(33)28(19)16(9)20(34)35)25-17(32)14(27-37-2)10-8-40-21(22)24-10/h5,8,15,19,23H,3-4,6-7H2,1-2H3,(H2,22,24)(H,25,32)(H,26,30)(H,34,35)/t15-,19+/m1/s1. The number of carboxylic acids is 1. The van der Waals surface area contributed by atoms with E-state index >= 15 is 0 Å². The molecule has 3 aliphatic rings. The van der Waals surface area contributed by atoms with E-state index in [-0.39, 0.29) is 40.8 Å². The molecule has 0 saturated carbocycles. The minimum absolute atomic E-state index is 0.0492. The molecular formula is C21H24N8O8S4. The predicted molar refractivity (Wildman–Crippen MR) is 152 cm³/mol. The number of fused-ring (bicyclic) bond motifs is 1. The van der Waals surface area contributed by atoms with Gasteiger partial charge in [0.25, 0.3) is 11.8 Å². The normalized spacial score (nSPS) is 20.4. The van der Waals surface area contributed by atoms with E-state index in [9.17, 15) is 29.1 Å². The fraction of sp³-hybridized carbons (Fsp3) is 0.381. The van der Waals surface area contributed by atoms with Gasteiger partial charge in [-0.3, -0.25) is 34.9 Å². The van der Waals surface area contributed by atoms with Crippen LogP contribution in [0.3, 0.4) is 0 Å². The third kappa shape index (κ3) is 7.07. The van der Waals surface area contributed by atoms with Crippen LogP contribution in [-0.2, 0) is 33.5 Å². The minimum atomic E-state index is -1.26. The largest absolute Gasteiger partial charge is 0.477 e. The van der Waals surface area contributed by atoms with Crippen molar-refractivity contribution in [2.75, 3.05) is 31.5 Å². The van der Waals surface area contributed by atoms with Crippen LogP contribution >= 0.6 is 46.8 Å². The van der Waals surface area contributed by atoms with Crippen LogP contribution in [0.5, 0.6) is 0 Å². The van der Waals surface area contributed by atoms with Crippen molar-refractivity contribution in [1.82, 2.24) is 30.6 Å². The molecule has 0 radical (unpaired) electrons. The topological polar surface area (TPSA) is 218 Å². The maximum absolute atomic E-state index is 13.0. The zero-order valence-electron chi connectivity index (χ0n) is 21.4. The van der Waals surface area contributed by atoms with Gasteiger partial charge in [-0.25, -0.2) is 9.78 Å². The highest BCUT2D eigenvalue weighted by molar-refractivity contribution is 8.21. The number of oxime groups is 1. The molecule has 0 spiro atoms. The molecule has 1 saturated heterocycles. The molecule has 41 heavy (non-hydrogen) atoms. The van der Waals surface area contributed by atoms with E-state index in [4.69, 9.17) is 10.6 Å². The zero-order chi connectivity index (χ0) is 29.7. The van der Waals surface area contributed by atoms with Crippen LogP contribution in [0.4, 0.5) is 5.13 Å². The smallest absolute Gasteiger partial charge is 0.352 e. The van der Waals surface area contributed by atoms with Gasteiger partial charge in [0, 0.05) is 41.5 Å². The number of nitrogens with zero attached hydrogens (tertiary/aromatic N) is 4. The van der Waals surface area contributed by atoms with Crippen molar-refractivity contribution in [1.29, 1.82) is 0 Å². The number of ether oxygens (including phenoxy) is 1. The highest BCUT2D eigenvalue weighted by Gasteiger charge is 2.54. The Bertz CT molecular complexity index is 1350. The summed E-state index contributed by atoms with van der Waals surface area (Å²) in [7, 11) is 2.50. The zero-order valence-corrected chi connectivity index (χ0v) is 24.7. The minimum Gasteiger partial charge on any atom is -0.477 e. The Morgan fingerprint density at radius 2 is 2.10 bits per heavy atom. The quantitative estimate of drug-likeness (QED) is 0.0654. The number of rotatable bonds is 12. The number of aliphatic carboxylic acids is 1. The summed E-state index contributed by atoms with van der Waals surface area (Å²) in [5, 5.41) is 17.4. The van der Waals surface area contributed by atoms with Crippen molar-refractivity contribution >= 4 is 87.3 Å². The number of nitrogen functional groups attached to an aromatic ring is 1. The molecule has 0 aliphatic carbocycles. The number of carbonyl (C=O) groups is 5. The Balaban J connectivity index is 1.34. The first kappa shape index (κ1) is 30.5. The number of methoxy groups -OCH3 is 1. The molecule has 4 heterocycles. The number of carbonyl (C=O) groups excluding carboxylic acids is 4. The van der Waals surface area contributed by atoms with Crippen LogP contribution in [0.2, 0.25) is 0 Å². The fourth-order valence-electron chi connectivity index (χ4n) is 3.72. The molecule has 220 valence electrons. The van der Waals surface area contributed by atoms with E-state index in [0.717, 1.165) is 15.6 Å². The molecule has 3 amide bonds. The molecule has 4 rings (SSSR count). The lowest BCUT2D eigenvalue weighted by Gasteiger charge is -2.49. The van der Waals surface area contributed by atoms with Gasteiger partial charge in [-0.05, 0) is 5.57 Å². The SMILES string of the molecule is CON=C(C(=O)N[C@@H]1C(=O)N2C(C(=O)O)=C(CSC3=CNN(NC(=O)CCC(=O)OC)S3)CS[C@@H]12)c1csc(N)n1. The van der Waals surface area contributed by atoms with Gasteiger partial charge in [-0.1, -0.05) is 9.68 Å². The Labute approximate surface area is 249 Å². The van der Waals surface area contributed by atoms with Crippen molar-refractivity contribution in [2.45, 2.75) is 24.3 Å². The Kier molecular flexibility index (Phi) is 10.0. The van der Waals surface area contributed by atoms with Crippen LogP contribution in [0.25, 0.3) is 0 Å². The number of nitrogens with one attached hydrogen (secondary N) is 3. The van der Waals surface area contributed by atoms with Crippen LogP contribution in [0.15, 0.2) is 32.2 Å². The summed E-state index contributed by atoms with van der Waals surface area (Å²) in [6.07, 6.45) is 1.53. The lowest BCUT2D eigenvalue weighted by Crippen LogP contribution is -2.71. The van der Waals surface area contributed by atoms with Gasteiger partial charge in [0.2, 0.25) is 5.91 Å². The van der Waals surface area contributed by atoms with E-state index in [1.807, 2.05) is 0 Å². The maximum atomic E-state index is 13.0. The first-order valence-corrected chi connectivity index (χ1v) is 15.3. The van der Waals surface area contributed by atoms with Crippen molar-refractivity contribution in [2.24, 2.45) is 5.16 Å². The second-order valence-electron chi connectivity index (χ2n) is 8.19. The number of carboxylic acid groups (broad SMARTS) is 1. The third-order valence-electron chi connectivity index (χ3n) is 5.58. The van der Waals surface area contributed by atoms with Gasteiger partial charge < -0.3 is 25.7 Å². The van der Waals surface area contributed by atoms with Gasteiger partial charge in [-0.2, -0.15) is 0 Å².